The van der Waals surface area contributed by atoms with Crippen molar-refractivity contribution in [2.24, 2.45) is 13.0 Å². The minimum atomic E-state index is 0.355. The predicted molar refractivity (Wildman–Crippen MR) is 57.3 cm³/mol. The molecular weight excluding hydrogens is 190 g/mol. The fraction of sp³-hybridized carbons (Fsp3) is 0.636. The summed E-state index contributed by atoms with van der Waals surface area (Å²) in [6.07, 6.45) is 5.89. The average Bonchev–Trinajstić information content (AvgIpc) is 2.94. The van der Waals surface area contributed by atoms with Crippen molar-refractivity contribution in [1.29, 1.82) is 0 Å². The van der Waals surface area contributed by atoms with Crippen LogP contribution in [0, 0.1) is 5.92 Å². The van der Waals surface area contributed by atoms with Crippen molar-refractivity contribution in [2.75, 3.05) is 13.6 Å². The quantitative estimate of drug-likeness (QED) is 0.718. The van der Waals surface area contributed by atoms with Crippen LogP contribution in [0.5, 0.6) is 0 Å². The SMILES string of the molecule is CN(CC(=O)C1CC1)Cc1nccn1C. The number of carbonyl (C=O) groups is 1. The third kappa shape index (κ3) is 2.65. The lowest BCUT2D eigenvalue weighted by molar-refractivity contribution is -0.121. The molecule has 1 saturated carbocycles. The fourth-order valence-corrected chi connectivity index (χ4v) is 1.65. The Balaban J connectivity index is 1.84. The fourth-order valence-electron chi connectivity index (χ4n) is 1.65. The van der Waals surface area contributed by atoms with E-state index in [0.717, 1.165) is 25.2 Å². The van der Waals surface area contributed by atoms with Crippen LogP contribution in [0.1, 0.15) is 18.7 Å². The molecule has 0 bridgehead atoms. The van der Waals surface area contributed by atoms with Crippen LogP contribution in [0.4, 0.5) is 0 Å². The molecule has 1 heterocycles. The number of ketones is 1. The minimum absolute atomic E-state index is 0.355. The standard InChI is InChI=1S/C11H17N3O/c1-13(7-10(15)9-3-4-9)8-11-12-5-6-14(11)2/h5-6,9H,3-4,7-8H2,1-2H3. The van der Waals surface area contributed by atoms with Crippen molar-refractivity contribution in [2.45, 2.75) is 19.4 Å². The summed E-state index contributed by atoms with van der Waals surface area (Å²) in [5.41, 5.74) is 0. The van der Waals surface area contributed by atoms with Gasteiger partial charge >= 0.3 is 0 Å². The van der Waals surface area contributed by atoms with Crippen molar-refractivity contribution in [3.63, 3.8) is 0 Å². The second kappa shape index (κ2) is 4.14. The molecule has 0 unspecified atom stereocenters. The van der Waals surface area contributed by atoms with Crippen LogP contribution in [0.3, 0.4) is 0 Å². The molecule has 1 aliphatic carbocycles. The number of Topliss-reactive ketones (excluding diaryl/α,β-unsaturated/α-hetero) is 1. The van der Waals surface area contributed by atoms with Gasteiger partial charge in [-0.1, -0.05) is 0 Å². The van der Waals surface area contributed by atoms with Gasteiger partial charge in [-0.15, -0.1) is 0 Å². The van der Waals surface area contributed by atoms with Crippen molar-refractivity contribution in [1.82, 2.24) is 14.5 Å². The van der Waals surface area contributed by atoms with Crippen LogP contribution in [0.15, 0.2) is 12.4 Å². The third-order valence-corrected chi connectivity index (χ3v) is 2.79. The lowest BCUT2D eigenvalue weighted by Crippen LogP contribution is -2.27. The van der Waals surface area contributed by atoms with E-state index in [2.05, 4.69) is 4.98 Å². The Labute approximate surface area is 89.9 Å². The number of aryl methyl sites for hydroxylation is 1. The van der Waals surface area contributed by atoms with Gasteiger partial charge in [0.2, 0.25) is 0 Å². The maximum Gasteiger partial charge on any atom is 0.149 e. The van der Waals surface area contributed by atoms with Gasteiger partial charge in [-0.2, -0.15) is 0 Å². The molecule has 0 radical (unpaired) electrons. The van der Waals surface area contributed by atoms with E-state index in [-0.39, 0.29) is 0 Å². The molecular formula is C11H17N3O. The molecule has 0 amide bonds. The number of nitrogens with zero attached hydrogens (tertiary/aromatic N) is 3. The first-order chi connectivity index (χ1) is 7.16. The second-order valence-corrected chi connectivity index (χ2v) is 4.37. The summed E-state index contributed by atoms with van der Waals surface area (Å²) in [7, 11) is 3.94. The van der Waals surface area contributed by atoms with Crippen LogP contribution in [-0.2, 0) is 18.4 Å². The van der Waals surface area contributed by atoms with Gasteiger partial charge in [-0.05, 0) is 19.9 Å². The minimum Gasteiger partial charge on any atom is -0.337 e. The van der Waals surface area contributed by atoms with Crippen LogP contribution < -0.4 is 0 Å². The Morgan fingerprint density at radius 2 is 2.40 bits per heavy atom. The molecule has 2 rings (SSSR count). The van der Waals surface area contributed by atoms with Gasteiger partial charge in [0.15, 0.2) is 0 Å². The van der Waals surface area contributed by atoms with Gasteiger partial charge < -0.3 is 4.57 Å². The summed E-state index contributed by atoms with van der Waals surface area (Å²) >= 11 is 0. The van der Waals surface area contributed by atoms with Crippen LogP contribution in [-0.4, -0.2) is 33.8 Å². The van der Waals surface area contributed by atoms with E-state index >= 15 is 0 Å². The summed E-state index contributed by atoms with van der Waals surface area (Å²) < 4.78 is 1.98. The van der Waals surface area contributed by atoms with Crippen molar-refractivity contribution < 1.29 is 4.79 Å². The average molecular weight is 207 g/mol. The van der Waals surface area contributed by atoms with Gasteiger partial charge in [0.1, 0.15) is 11.6 Å². The van der Waals surface area contributed by atoms with E-state index in [0.29, 0.717) is 18.2 Å². The van der Waals surface area contributed by atoms with E-state index in [1.807, 2.05) is 29.8 Å². The zero-order valence-electron chi connectivity index (χ0n) is 9.31. The molecule has 0 saturated heterocycles. The Morgan fingerprint density at radius 3 is 2.93 bits per heavy atom. The van der Waals surface area contributed by atoms with Gasteiger partial charge in [-0.3, -0.25) is 9.69 Å². The molecule has 0 spiro atoms. The van der Waals surface area contributed by atoms with Crippen LogP contribution >= 0.6 is 0 Å². The Hall–Kier alpha value is -1.16. The molecule has 1 aromatic rings. The molecule has 15 heavy (non-hydrogen) atoms. The van der Waals surface area contributed by atoms with E-state index in [1.165, 1.54) is 0 Å². The molecule has 0 N–H and O–H groups in total. The second-order valence-electron chi connectivity index (χ2n) is 4.37. The zero-order valence-corrected chi connectivity index (χ0v) is 9.31. The molecule has 0 aliphatic heterocycles. The normalized spacial score (nSPS) is 15.9. The predicted octanol–water partition coefficient (Wildman–Crippen LogP) is 0.831. The van der Waals surface area contributed by atoms with Crippen LogP contribution in [0.25, 0.3) is 0 Å². The highest BCUT2D eigenvalue weighted by Crippen LogP contribution is 2.29. The molecule has 82 valence electrons. The van der Waals surface area contributed by atoms with E-state index < -0.39 is 0 Å². The van der Waals surface area contributed by atoms with Crippen LogP contribution in [0.2, 0.25) is 0 Å². The molecule has 1 aliphatic rings. The van der Waals surface area contributed by atoms with Gasteiger partial charge in [0.05, 0.1) is 13.1 Å². The maximum atomic E-state index is 11.6. The van der Waals surface area contributed by atoms with Gasteiger partial charge in [-0.25, -0.2) is 4.98 Å². The van der Waals surface area contributed by atoms with Crippen molar-refractivity contribution in [3.8, 4) is 0 Å². The van der Waals surface area contributed by atoms with E-state index in [1.54, 1.807) is 6.20 Å². The Morgan fingerprint density at radius 1 is 1.67 bits per heavy atom. The highest BCUT2D eigenvalue weighted by Gasteiger charge is 2.29. The number of carbonyl (C=O) groups excluding carboxylic acids is 1. The first-order valence-electron chi connectivity index (χ1n) is 5.34. The number of likely N-dealkylation sites (N-methyl/N-ethyl adjacent to an activating group) is 1. The lowest BCUT2D eigenvalue weighted by Gasteiger charge is -2.15. The monoisotopic (exact) mass is 207 g/mol. The zero-order chi connectivity index (χ0) is 10.8. The number of aromatic nitrogens is 2. The molecule has 1 aromatic heterocycles. The number of hydrogen-bond acceptors (Lipinski definition) is 3. The van der Waals surface area contributed by atoms with Crippen molar-refractivity contribution in [3.05, 3.63) is 18.2 Å². The highest BCUT2D eigenvalue weighted by atomic mass is 16.1. The summed E-state index contributed by atoms with van der Waals surface area (Å²) in [5, 5.41) is 0. The number of hydrogen-bond donors (Lipinski definition) is 0. The summed E-state index contributed by atoms with van der Waals surface area (Å²) in [6, 6.07) is 0. The summed E-state index contributed by atoms with van der Waals surface area (Å²) in [6.45, 7) is 1.29. The lowest BCUT2D eigenvalue weighted by atomic mass is 10.2. The molecule has 0 aromatic carbocycles. The van der Waals surface area contributed by atoms with Gasteiger partial charge in [0, 0.05) is 25.4 Å². The summed E-state index contributed by atoms with van der Waals surface area (Å²) in [5.74, 6) is 1.74. The van der Waals surface area contributed by atoms with Gasteiger partial charge in [0.25, 0.3) is 0 Å². The smallest absolute Gasteiger partial charge is 0.149 e. The Kier molecular flexibility index (Phi) is 2.86. The molecule has 1 fully saturated rings. The number of imidazole rings is 1. The molecule has 4 nitrogen and oxygen atoms in total. The van der Waals surface area contributed by atoms with E-state index in [9.17, 15) is 4.79 Å². The van der Waals surface area contributed by atoms with E-state index in [4.69, 9.17) is 0 Å². The first kappa shape index (κ1) is 10.4. The summed E-state index contributed by atoms with van der Waals surface area (Å²) in [4.78, 5) is 17.8. The first-order valence-corrected chi connectivity index (χ1v) is 5.34. The largest absolute Gasteiger partial charge is 0.337 e. The third-order valence-electron chi connectivity index (χ3n) is 2.79. The molecule has 0 atom stereocenters. The topological polar surface area (TPSA) is 38.1 Å². The highest BCUT2D eigenvalue weighted by molar-refractivity contribution is 5.84. The number of rotatable bonds is 5. The molecule has 4 heteroatoms. The Bertz CT molecular complexity index is 354. The van der Waals surface area contributed by atoms with Crippen molar-refractivity contribution >= 4 is 5.78 Å². The maximum absolute atomic E-state index is 11.6.